The van der Waals surface area contributed by atoms with Crippen molar-refractivity contribution in [2.75, 3.05) is 97.7 Å². The van der Waals surface area contributed by atoms with Gasteiger partial charge in [-0.3, -0.25) is 29.2 Å². The Morgan fingerprint density at radius 3 is 2.34 bits per heavy atom. The number of aryl methyl sites for hydroxylation is 2. The van der Waals surface area contributed by atoms with Crippen molar-refractivity contribution < 1.29 is 23.5 Å². The minimum absolute atomic E-state index is 0.0163. The molecule has 7 rings (SSSR count). The second-order valence-electron chi connectivity index (χ2n) is 20.2. The molecule has 5 heterocycles. The first-order chi connectivity index (χ1) is 33.7. The fourth-order valence-electron chi connectivity index (χ4n) is 10.6. The van der Waals surface area contributed by atoms with Gasteiger partial charge in [-0.1, -0.05) is 42.5 Å². The van der Waals surface area contributed by atoms with Gasteiger partial charge >= 0.3 is 0 Å². The van der Waals surface area contributed by atoms with Crippen LogP contribution in [0.5, 0.6) is 0 Å². The minimum atomic E-state index is -0.614. The molecule has 12 nitrogen and oxygen atoms in total. The number of pyridine rings is 1. The topological polar surface area (TPSA) is 114 Å². The van der Waals surface area contributed by atoms with E-state index in [9.17, 15) is 14.4 Å². The molecule has 0 saturated carbocycles. The lowest BCUT2D eigenvalue weighted by Crippen LogP contribution is -2.48. The van der Waals surface area contributed by atoms with E-state index in [4.69, 9.17) is 9.72 Å². The normalized spacial score (nSPS) is 20.4. The highest BCUT2D eigenvalue weighted by molar-refractivity contribution is 5.94. The van der Waals surface area contributed by atoms with Crippen LogP contribution in [0.25, 0.3) is 17.2 Å². The second kappa shape index (κ2) is 24.5. The van der Waals surface area contributed by atoms with E-state index in [1.807, 2.05) is 23.2 Å². The number of Topliss-reactive ketones (excluding diaryl/α,β-unsaturated/α-hetero) is 1. The molecule has 4 aliphatic rings. The van der Waals surface area contributed by atoms with Crippen LogP contribution in [0.3, 0.4) is 0 Å². The number of ether oxygens (including phenoxy) is 1. The molecule has 376 valence electrons. The molecule has 2 amide bonds. The number of piperidine rings is 2. The molecule has 1 aromatic heterocycles. The summed E-state index contributed by atoms with van der Waals surface area (Å²) in [6.07, 6.45) is 11.9. The molecule has 3 aromatic rings. The van der Waals surface area contributed by atoms with E-state index in [-0.39, 0.29) is 42.4 Å². The monoisotopic (exact) mass is 957 g/mol. The van der Waals surface area contributed by atoms with Crippen molar-refractivity contribution in [2.24, 2.45) is 5.92 Å². The summed E-state index contributed by atoms with van der Waals surface area (Å²) in [5.41, 5.74) is 11.4. The van der Waals surface area contributed by atoms with Crippen LogP contribution >= 0.6 is 0 Å². The van der Waals surface area contributed by atoms with E-state index >= 15 is 4.39 Å². The van der Waals surface area contributed by atoms with Gasteiger partial charge < -0.3 is 30.1 Å². The Morgan fingerprint density at radius 2 is 1.66 bits per heavy atom. The number of rotatable bonds is 17. The number of ketones is 1. The standard InChI is InChI=1S/C57H77FN8O4/c1-9-49(61-54-17-16-50(67)35-60-56(54)68)34-53(58)43(6)65-30-28-64(29-31-65)37-44-19-26-66(27-20-44)57(69)47-14-12-45(13-15-47)46-21-24-63(25-22-46)36-39(2)32-52-42(5)59-23-18-51(52)48-11-10-40(3)55(33-48)62(7)41(4)38-70-8/h9-15,18,23,32-34,41,44,46,54,61H,1,16-17,19-22,24-31,35-38H2,2-8H3,(H,60,68)/b39-32+,49-34+,53-43-. The summed E-state index contributed by atoms with van der Waals surface area (Å²) in [5.74, 6) is 0.461. The predicted molar refractivity (Wildman–Crippen MR) is 280 cm³/mol. The van der Waals surface area contributed by atoms with Crippen molar-refractivity contribution >= 4 is 29.4 Å². The maximum Gasteiger partial charge on any atom is 0.253 e. The maximum absolute atomic E-state index is 15.5. The third-order valence-electron chi connectivity index (χ3n) is 15.2. The number of carbonyl (C=O) groups is 3. The average Bonchev–Trinajstić information content (AvgIpc) is 3.53. The Kier molecular flexibility index (Phi) is 18.2. The molecule has 2 N–H and O–H groups in total. The second-order valence-corrected chi connectivity index (χ2v) is 20.2. The highest BCUT2D eigenvalue weighted by Crippen LogP contribution is 2.34. The molecule has 2 atom stereocenters. The Balaban J connectivity index is 0.842. The molecule has 4 fully saturated rings. The number of nitrogens with zero attached hydrogens (tertiary/aromatic N) is 6. The molecule has 70 heavy (non-hydrogen) atoms. The molecule has 13 heteroatoms. The lowest BCUT2D eigenvalue weighted by Gasteiger charge is -2.40. The Morgan fingerprint density at radius 1 is 0.943 bits per heavy atom. The van der Waals surface area contributed by atoms with Crippen LogP contribution in [-0.4, -0.2) is 147 Å². The quantitative estimate of drug-likeness (QED) is 0.128. The zero-order valence-corrected chi connectivity index (χ0v) is 42.9. The molecule has 2 aromatic carbocycles. The average molecular weight is 957 g/mol. The van der Waals surface area contributed by atoms with Crippen LogP contribution in [0, 0.1) is 19.8 Å². The van der Waals surface area contributed by atoms with Crippen LogP contribution in [0.15, 0.2) is 96.3 Å². The number of amides is 2. The third kappa shape index (κ3) is 13.4. The highest BCUT2D eigenvalue weighted by Gasteiger charge is 2.29. The van der Waals surface area contributed by atoms with Crippen LogP contribution in [0.1, 0.15) is 98.0 Å². The number of nitrogens with one attached hydrogen (secondary N) is 2. The summed E-state index contributed by atoms with van der Waals surface area (Å²) in [7, 11) is 3.89. The molecule has 4 saturated heterocycles. The largest absolute Gasteiger partial charge is 0.383 e. The SMILES string of the molecule is C=C/C(=C\C(F)=C(/C)N1CCN(CC2CCN(C(=O)c3ccc(C4CCN(C/C(C)=C/c5c(-c6ccc(C)c(N(C)C(C)COC)c6)ccnc5C)CC4)cc3)CC2)CC1)NC1CCC(=O)CNC1=O. The molecule has 0 bridgehead atoms. The van der Waals surface area contributed by atoms with Crippen molar-refractivity contribution in [2.45, 2.75) is 91.1 Å². The van der Waals surface area contributed by atoms with E-state index < -0.39 is 6.04 Å². The summed E-state index contributed by atoms with van der Waals surface area (Å²) in [5, 5.41) is 5.68. The van der Waals surface area contributed by atoms with Crippen LogP contribution in [-0.2, 0) is 14.3 Å². The Bertz CT molecular complexity index is 2410. The van der Waals surface area contributed by atoms with Crippen molar-refractivity contribution in [3.05, 3.63) is 124 Å². The molecule has 2 unspecified atom stereocenters. The number of methoxy groups -OCH3 is 1. The number of likely N-dealkylation sites (tertiary alicyclic amines) is 2. The van der Waals surface area contributed by atoms with Gasteiger partial charge in [0.1, 0.15) is 11.9 Å². The molecule has 4 aliphatic heterocycles. The number of anilines is 1. The van der Waals surface area contributed by atoms with E-state index in [1.54, 1.807) is 14.0 Å². The van der Waals surface area contributed by atoms with E-state index in [0.29, 0.717) is 36.3 Å². The lowest BCUT2D eigenvalue weighted by molar-refractivity contribution is -0.124. The zero-order valence-electron chi connectivity index (χ0n) is 42.9. The summed E-state index contributed by atoms with van der Waals surface area (Å²) < 4.78 is 20.9. The minimum Gasteiger partial charge on any atom is -0.383 e. The van der Waals surface area contributed by atoms with E-state index in [0.717, 1.165) is 102 Å². The van der Waals surface area contributed by atoms with Gasteiger partial charge in [0.15, 0.2) is 5.78 Å². The van der Waals surface area contributed by atoms with Crippen molar-refractivity contribution in [3.8, 4) is 11.1 Å². The predicted octanol–water partition coefficient (Wildman–Crippen LogP) is 8.30. The fourth-order valence-corrected chi connectivity index (χ4v) is 10.6. The number of hydrogen-bond acceptors (Lipinski definition) is 10. The number of allylic oxidation sites excluding steroid dienone is 4. The number of piperazine rings is 1. The lowest BCUT2D eigenvalue weighted by atomic mass is 9.88. The molecule has 0 aliphatic carbocycles. The van der Waals surface area contributed by atoms with Gasteiger partial charge in [-0.15, -0.1) is 0 Å². The van der Waals surface area contributed by atoms with E-state index in [1.165, 1.54) is 51.2 Å². The number of hydrogen-bond donors (Lipinski definition) is 2. The Hall–Kier alpha value is -5.63. The number of halogens is 1. The first kappa shape index (κ1) is 52.2. The third-order valence-corrected chi connectivity index (χ3v) is 15.2. The first-order valence-corrected chi connectivity index (χ1v) is 25.5. The van der Waals surface area contributed by atoms with Crippen LogP contribution in [0.4, 0.5) is 10.1 Å². The van der Waals surface area contributed by atoms with Gasteiger partial charge in [-0.2, -0.15) is 0 Å². The van der Waals surface area contributed by atoms with E-state index in [2.05, 4.69) is 114 Å². The summed E-state index contributed by atoms with van der Waals surface area (Å²) in [6.45, 7) is 23.6. The number of likely N-dealkylation sites (N-methyl/N-ethyl adjacent to an activating group) is 1. The summed E-state index contributed by atoms with van der Waals surface area (Å²) >= 11 is 0. The zero-order chi connectivity index (χ0) is 49.9. The summed E-state index contributed by atoms with van der Waals surface area (Å²) in [4.78, 5) is 54.0. The fraction of sp³-hybridized carbons (Fsp3) is 0.509. The molecular weight excluding hydrogens is 880 g/mol. The van der Waals surface area contributed by atoms with Crippen LogP contribution < -0.4 is 15.5 Å². The smallest absolute Gasteiger partial charge is 0.253 e. The van der Waals surface area contributed by atoms with Gasteiger partial charge in [0.25, 0.3) is 5.91 Å². The van der Waals surface area contributed by atoms with Crippen LogP contribution in [0.2, 0.25) is 0 Å². The van der Waals surface area contributed by atoms with Gasteiger partial charge in [0.2, 0.25) is 5.91 Å². The highest BCUT2D eigenvalue weighted by atomic mass is 19.1. The molecular formula is C57H77FN8O4. The molecule has 0 radical (unpaired) electrons. The number of benzene rings is 2. The van der Waals surface area contributed by atoms with Gasteiger partial charge in [-0.25, -0.2) is 4.39 Å². The number of aromatic nitrogens is 1. The van der Waals surface area contributed by atoms with Crippen molar-refractivity contribution in [1.82, 2.24) is 35.2 Å². The van der Waals surface area contributed by atoms with Crippen molar-refractivity contribution in [1.29, 1.82) is 0 Å². The Labute approximate surface area is 416 Å². The number of carbonyl (C=O) groups excluding carboxylic acids is 3. The van der Waals surface area contributed by atoms with Gasteiger partial charge in [0.05, 0.1) is 13.2 Å². The molecule has 0 spiro atoms. The van der Waals surface area contributed by atoms with Crippen molar-refractivity contribution in [3.63, 3.8) is 0 Å². The maximum atomic E-state index is 15.5. The van der Waals surface area contributed by atoms with Gasteiger partial charge in [0, 0.05) is 119 Å². The van der Waals surface area contributed by atoms with Gasteiger partial charge in [-0.05, 0) is 150 Å². The first-order valence-electron chi connectivity index (χ1n) is 25.5. The summed E-state index contributed by atoms with van der Waals surface area (Å²) in [6, 6.07) is 17.0.